The van der Waals surface area contributed by atoms with Gasteiger partial charge in [-0.05, 0) is 45.2 Å². The van der Waals surface area contributed by atoms with Crippen LogP contribution in [0.3, 0.4) is 0 Å². The lowest BCUT2D eigenvalue weighted by molar-refractivity contribution is -0.149. The van der Waals surface area contributed by atoms with Crippen molar-refractivity contribution in [1.29, 1.82) is 0 Å². The van der Waals surface area contributed by atoms with E-state index in [1.54, 1.807) is 6.26 Å². The van der Waals surface area contributed by atoms with Crippen molar-refractivity contribution < 1.29 is 18.7 Å². The number of rotatable bonds is 9. The summed E-state index contributed by atoms with van der Waals surface area (Å²) in [7, 11) is 0. The number of hydrogen-bond acceptors (Lipinski definition) is 5. The Morgan fingerprint density at radius 1 is 1.44 bits per heavy atom. The maximum atomic E-state index is 12.0. The Morgan fingerprint density at radius 3 is 3.00 bits per heavy atom. The quantitative estimate of drug-likeness (QED) is 0.187. The van der Waals surface area contributed by atoms with Gasteiger partial charge in [0.25, 0.3) is 0 Å². The second-order valence-corrected chi connectivity index (χ2v) is 6.26. The predicted octanol–water partition coefficient (Wildman–Crippen LogP) is 3.04. The van der Waals surface area contributed by atoms with Crippen molar-refractivity contribution in [3.63, 3.8) is 0 Å². The van der Waals surface area contributed by atoms with Gasteiger partial charge in [-0.25, -0.2) is 0 Å². The molecule has 154 valence electrons. The minimum absolute atomic E-state index is 0. The van der Waals surface area contributed by atoms with Gasteiger partial charge in [0.05, 0.1) is 18.8 Å². The SMILES string of the molecule is CCNC(=NCCCOCc1ccco1)N1CCCC(C(=O)OCC)C1.I. The Hall–Kier alpha value is -1.29. The second-order valence-electron chi connectivity index (χ2n) is 6.26. The van der Waals surface area contributed by atoms with Gasteiger partial charge in [0, 0.05) is 32.8 Å². The van der Waals surface area contributed by atoms with Gasteiger partial charge in [0.2, 0.25) is 0 Å². The highest BCUT2D eigenvalue weighted by Crippen LogP contribution is 2.18. The molecular formula is C19H32IN3O4. The topological polar surface area (TPSA) is 76.3 Å². The fraction of sp³-hybridized carbons (Fsp3) is 0.684. The Morgan fingerprint density at radius 2 is 2.30 bits per heavy atom. The molecule has 2 rings (SSSR count). The van der Waals surface area contributed by atoms with Crippen LogP contribution >= 0.6 is 24.0 Å². The third kappa shape index (κ3) is 8.50. The average molecular weight is 493 g/mol. The second kappa shape index (κ2) is 13.8. The summed E-state index contributed by atoms with van der Waals surface area (Å²) >= 11 is 0. The highest BCUT2D eigenvalue weighted by molar-refractivity contribution is 14.0. The summed E-state index contributed by atoms with van der Waals surface area (Å²) in [6.07, 6.45) is 4.34. The van der Waals surface area contributed by atoms with E-state index in [0.29, 0.717) is 32.9 Å². The molecule has 0 aliphatic carbocycles. The van der Waals surface area contributed by atoms with Gasteiger partial charge in [0.1, 0.15) is 12.4 Å². The Bertz CT molecular complexity index is 551. The van der Waals surface area contributed by atoms with Crippen molar-refractivity contribution in [3.8, 4) is 0 Å². The lowest BCUT2D eigenvalue weighted by atomic mass is 9.98. The maximum Gasteiger partial charge on any atom is 0.310 e. The van der Waals surface area contributed by atoms with Gasteiger partial charge in [-0.3, -0.25) is 9.79 Å². The monoisotopic (exact) mass is 493 g/mol. The molecule has 0 spiro atoms. The number of ether oxygens (including phenoxy) is 2. The molecule has 1 atom stereocenters. The molecule has 8 heteroatoms. The molecule has 0 saturated carbocycles. The van der Waals surface area contributed by atoms with Crippen molar-refractivity contribution in [3.05, 3.63) is 24.2 Å². The van der Waals surface area contributed by atoms with Crippen molar-refractivity contribution in [2.24, 2.45) is 10.9 Å². The first-order valence-corrected chi connectivity index (χ1v) is 9.54. The van der Waals surface area contributed by atoms with Gasteiger partial charge < -0.3 is 24.1 Å². The lowest BCUT2D eigenvalue weighted by Gasteiger charge is -2.34. The Kier molecular flexibility index (Phi) is 12.2. The molecule has 0 radical (unpaired) electrons. The molecule has 0 aromatic carbocycles. The molecule has 27 heavy (non-hydrogen) atoms. The van der Waals surface area contributed by atoms with Crippen LogP contribution in [0.5, 0.6) is 0 Å². The number of nitrogens with one attached hydrogen (secondary N) is 1. The molecule has 0 amide bonds. The van der Waals surface area contributed by atoms with Crippen LogP contribution in [0.1, 0.15) is 38.9 Å². The van der Waals surface area contributed by atoms with E-state index in [4.69, 9.17) is 13.9 Å². The number of carbonyl (C=O) groups excluding carboxylic acids is 1. The van der Waals surface area contributed by atoms with E-state index >= 15 is 0 Å². The highest BCUT2D eigenvalue weighted by Gasteiger charge is 2.28. The maximum absolute atomic E-state index is 12.0. The normalized spacial score (nSPS) is 17.3. The molecule has 1 saturated heterocycles. The van der Waals surface area contributed by atoms with Gasteiger partial charge in [-0.15, -0.1) is 24.0 Å². The first-order chi connectivity index (χ1) is 12.7. The van der Waals surface area contributed by atoms with E-state index in [9.17, 15) is 4.79 Å². The largest absolute Gasteiger partial charge is 0.467 e. The third-order valence-electron chi connectivity index (χ3n) is 4.21. The van der Waals surface area contributed by atoms with E-state index in [-0.39, 0.29) is 35.9 Å². The molecule has 0 bridgehead atoms. The average Bonchev–Trinajstić information content (AvgIpc) is 3.17. The molecule has 1 fully saturated rings. The fourth-order valence-electron chi connectivity index (χ4n) is 2.97. The smallest absolute Gasteiger partial charge is 0.310 e. The molecular weight excluding hydrogens is 461 g/mol. The number of aliphatic imine (C=N–C) groups is 1. The van der Waals surface area contributed by atoms with E-state index in [1.807, 2.05) is 19.1 Å². The number of guanidine groups is 1. The standard InChI is InChI=1S/C19H31N3O4.HI/c1-3-20-19(21-10-7-12-24-15-17-9-6-13-26-17)22-11-5-8-16(14-22)18(23)25-4-2;/h6,9,13,16H,3-5,7-8,10-12,14-15H2,1-2H3,(H,20,21);1H. The first kappa shape index (κ1) is 23.7. The van der Waals surface area contributed by atoms with Crippen LogP contribution < -0.4 is 5.32 Å². The summed E-state index contributed by atoms with van der Waals surface area (Å²) in [6.45, 7) is 8.51. The van der Waals surface area contributed by atoms with Crippen LogP contribution in [0.2, 0.25) is 0 Å². The van der Waals surface area contributed by atoms with Crippen molar-refractivity contribution in [2.45, 2.75) is 39.7 Å². The molecule has 1 unspecified atom stereocenters. The van der Waals surface area contributed by atoms with Crippen LogP contribution in [0.25, 0.3) is 0 Å². The van der Waals surface area contributed by atoms with E-state index < -0.39 is 0 Å². The number of nitrogens with zero attached hydrogens (tertiary/aromatic N) is 2. The van der Waals surface area contributed by atoms with Crippen LogP contribution in [-0.4, -0.2) is 56.2 Å². The minimum Gasteiger partial charge on any atom is -0.467 e. The van der Waals surface area contributed by atoms with Gasteiger partial charge in [0.15, 0.2) is 5.96 Å². The highest BCUT2D eigenvalue weighted by atomic mass is 127. The predicted molar refractivity (Wildman–Crippen MR) is 115 cm³/mol. The van der Waals surface area contributed by atoms with E-state index in [1.165, 1.54) is 0 Å². The molecule has 1 N–H and O–H groups in total. The van der Waals surface area contributed by atoms with E-state index in [2.05, 4.69) is 22.1 Å². The summed E-state index contributed by atoms with van der Waals surface area (Å²) in [5.41, 5.74) is 0. The summed E-state index contributed by atoms with van der Waals surface area (Å²) in [5, 5.41) is 3.33. The molecule has 1 aromatic rings. The zero-order chi connectivity index (χ0) is 18.6. The van der Waals surface area contributed by atoms with Crippen LogP contribution in [0.15, 0.2) is 27.8 Å². The number of halogens is 1. The Balaban J connectivity index is 0.00000364. The molecule has 1 aliphatic rings. The lowest BCUT2D eigenvalue weighted by Crippen LogP contribution is -2.48. The number of carbonyl (C=O) groups is 1. The molecule has 1 aliphatic heterocycles. The number of likely N-dealkylation sites (tertiary alicyclic amines) is 1. The van der Waals surface area contributed by atoms with E-state index in [0.717, 1.165) is 44.1 Å². The number of hydrogen-bond donors (Lipinski definition) is 1. The number of piperidine rings is 1. The van der Waals surface area contributed by atoms with Crippen molar-refractivity contribution >= 4 is 35.9 Å². The summed E-state index contributed by atoms with van der Waals surface area (Å²) < 4.78 is 16.0. The third-order valence-corrected chi connectivity index (χ3v) is 4.21. The Labute approximate surface area is 178 Å². The van der Waals surface area contributed by atoms with Gasteiger partial charge in [-0.1, -0.05) is 0 Å². The van der Waals surface area contributed by atoms with Crippen molar-refractivity contribution in [2.75, 3.05) is 39.4 Å². The zero-order valence-electron chi connectivity index (χ0n) is 16.3. The summed E-state index contributed by atoms with van der Waals surface area (Å²) in [6, 6.07) is 3.76. The summed E-state index contributed by atoms with van der Waals surface area (Å²) in [4.78, 5) is 18.9. The number of esters is 1. The van der Waals surface area contributed by atoms with Crippen molar-refractivity contribution in [1.82, 2.24) is 10.2 Å². The summed E-state index contributed by atoms with van der Waals surface area (Å²) in [5.74, 6) is 1.54. The molecule has 7 nitrogen and oxygen atoms in total. The first-order valence-electron chi connectivity index (χ1n) is 9.54. The van der Waals surface area contributed by atoms with Gasteiger partial charge in [-0.2, -0.15) is 0 Å². The molecule has 2 heterocycles. The minimum atomic E-state index is -0.0978. The molecule has 1 aromatic heterocycles. The number of furan rings is 1. The van der Waals surface area contributed by atoms with Crippen LogP contribution in [0.4, 0.5) is 0 Å². The zero-order valence-corrected chi connectivity index (χ0v) is 18.6. The fourth-order valence-corrected chi connectivity index (χ4v) is 2.97. The van der Waals surface area contributed by atoms with Gasteiger partial charge >= 0.3 is 5.97 Å². The van der Waals surface area contributed by atoms with Crippen LogP contribution in [-0.2, 0) is 20.9 Å². The van der Waals surface area contributed by atoms with Crippen LogP contribution in [0, 0.1) is 5.92 Å².